The lowest BCUT2D eigenvalue weighted by molar-refractivity contribution is -0.156. The van der Waals surface area contributed by atoms with Crippen LogP contribution in [-0.2, 0) is 9.59 Å². The lowest BCUT2D eigenvalue weighted by Gasteiger charge is -2.47. The Morgan fingerprint density at radius 1 is 1.16 bits per heavy atom. The number of carbonyl (C=O) groups is 2. The van der Waals surface area contributed by atoms with E-state index in [1.807, 2.05) is 18.7 Å². The molecule has 1 aliphatic rings. The van der Waals surface area contributed by atoms with Gasteiger partial charge in [0.25, 0.3) is 0 Å². The normalized spacial score (nSPS) is 24.6. The zero-order valence-electron chi connectivity index (χ0n) is 13.0. The molecule has 0 spiro atoms. The van der Waals surface area contributed by atoms with Gasteiger partial charge in [-0.25, -0.2) is 0 Å². The van der Waals surface area contributed by atoms with Gasteiger partial charge < -0.3 is 10.2 Å². The van der Waals surface area contributed by atoms with Crippen molar-refractivity contribution in [2.75, 3.05) is 0 Å². The van der Waals surface area contributed by atoms with Crippen molar-refractivity contribution in [1.29, 1.82) is 0 Å². The van der Waals surface area contributed by atoms with Crippen molar-refractivity contribution >= 4 is 11.8 Å². The maximum absolute atomic E-state index is 12.7. The summed E-state index contributed by atoms with van der Waals surface area (Å²) in [4.78, 5) is 26.7. The van der Waals surface area contributed by atoms with Crippen LogP contribution in [0.15, 0.2) is 0 Å². The summed E-state index contributed by atoms with van der Waals surface area (Å²) >= 11 is 0. The molecule has 0 aromatic carbocycles. The fourth-order valence-electron chi connectivity index (χ4n) is 3.07. The summed E-state index contributed by atoms with van der Waals surface area (Å²) < 4.78 is 0. The van der Waals surface area contributed by atoms with Gasteiger partial charge >= 0.3 is 0 Å². The van der Waals surface area contributed by atoms with E-state index in [9.17, 15) is 9.59 Å². The van der Waals surface area contributed by atoms with Crippen LogP contribution in [-0.4, -0.2) is 34.3 Å². The fraction of sp³-hybridized carbons (Fsp3) is 0.867. The van der Waals surface area contributed by atoms with E-state index < -0.39 is 0 Å². The minimum atomic E-state index is -0.337. The van der Waals surface area contributed by atoms with E-state index in [4.69, 9.17) is 0 Å². The van der Waals surface area contributed by atoms with Crippen LogP contribution in [0.25, 0.3) is 0 Å². The van der Waals surface area contributed by atoms with Crippen LogP contribution in [0.1, 0.15) is 66.7 Å². The van der Waals surface area contributed by atoms with Gasteiger partial charge in [0.05, 0.1) is 0 Å². The maximum Gasteiger partial charge on any atom is 0.246 e. The van der Waals surface area contributed by atoms with E-state index in [0.29, 0.717) is 6.42 Å². The molecule has 110 valence electrons. The fourth-order valence-corrected chi connectivity index (χ4v) is 3.07. The molecule has 0 saturated carbocycles. The number of amides is 2. The molecule has 1 N–H and O–H groups in total. The maximum atomic E-state index is 12.7. The number of rotatable bonds is 6. The van der Waals surface area contributed by atoms with Gasteiger partial charge in [-0.3, -0.25) is 9.59 Å². The van der Waals surface area contributed by atoms with Crippen LogP contribution >= 0.6 is 0 Å². The number of hydrogen-bond donors (Lipinski definition) is 1. The number of nitrogens with one attached hydrogen (secondary N) is 1. The van der Waals surface area contributed by atoms with Crippen molar-refractivity contribution < 1.29 is 9.59 Å². The molecule has 19 heavy (non-hydrogen) atoms. The lowest BCUT2D eigenvalue weighted by Crippen LogP contribution is -2.68. The Morgan fingerprint density at radius 3 is 2.26 bits per heavy atom. The number of carbonyl (C=O) groups excluding carboxylic acids is 2. The van der Waals surface area contributed by atoms with E-state index in [0.717, 1.165) is 25.7 Å². The minimum Gasteiger partial charge on any atom is -0.343 e. The van der Waals surface area contributed by atoms with Gasteiger partial charge in [-0.15, -0.1) is 0 Å². The van der Waals surface area contributed by atoms with Crippen molar-refractivity contribution in [3.05, 3.63) is 0 Å². The number of piperazine rings is 1. The second-order valence-electron chi connectivity index (χ2n) is 6.04. The summed E-state index contributed by atoms with van der Waals surface area (Å²) in [6.07, 6.45) is 4.22. The number of nitrogens with zero attached hydrogens (tertiary/aromatic N) is 1. The molecule has 1 fully saturated rings. The molecule has 0 aromatic heterocycles. The van der Waals surface area contributed by atoms with Crippen LogP contribution in [0.3, 0.4) is 0 Å². The monoisotopic (exact) mass is 268 g/mol. The molecule has 2 atom stereocenters. The molecule has 4 heteroatoms. The van der Waals surface area contributed by atoms with Crippen LogP contribution in [0, 0.1) is 0 Å². The first kappa shape index (κ1) is 16.0. The molecule has 1 rings (SSSR count). The third-order valence-corrected chi connectivity index (χ3v) is 3.94. The summed E-state index contributed by atoms with van der Waals surface area (Å²) in [5.41, 5.74) is -0.254. The van der Waals surface area contributed by atoms with Crippen LogP contribution in [0.4, 0.5) is 0 Å². The summed E-state index contributed by atoms with van der Waals surface area (Å²) in [7, 11) is 0. The summed E-state index contributed by atoms with van der Waals surface area (Å²) in [5, 5.41) is 2.88. The molecule has 0 aromatic rings. The third-order valence-electron chi connectivity index (χ3n) is 3.94. The lowest BCUT2D eigenvalue weighted by atomic mass is 9.90. The largest absolute Gasteiger partial charge is 0.343 e. The van der Waals surface area contributed by atoms with Crippen molar-refractivity contribution in [3.63, 3.8) is 0 Å². The minimum absolute atomic E-state index is 0.00438. The van der Waals surface area contributed by atoms with Gasteiger partial charge in [-0.2, -0.15) is 0 Å². The molecule has 1 aliphatic heterocycles. The highest BCUT2D eigenvalue weighted by Gasteiger charge is 2.45. The van der Waals surface area contributed by atoms with Crippen molar-refractivity contribution in [2.45, 2.75) is 84.3 Å². The van der Waals surface area contributed by atoms with Crippen LogP contribution in [0.2, 0.25) is 0 Å². The van der Waals surface area contributed by atoms with E-state index in [-0.39, 0.29) is 29.4 Å². The van der Waals surface area contributed by atoms with Gasteiger partial charge in [0.15, 0.2) is 0 Å². The molecule has 0 radical (unpaired) electrons. The molecule has 4 nitrogen and oxygen atoms in total. The quantitative estimate of drug-likeness (QED) is 0.804. The van der Waals surface area contributed by atoms with E-state index in [1.54, 1.807) is 0 Å². The highest BCUT2D eigenvalue weighted by atomic mass is 16.2. The Balaban J connectivity index is 3.05. The average molecular weight is 268 g/mol. The smallest absolute Gasteiger partial charge is 0.246 e. The molecule has 2 amide bonds. The molecule has 1 heterocycles. The second-order valence-corrected chi connectivity index (χ2v) is 6.04. The Bertz CT molecular complexity index is 339. The Kier molecular flexibility index (Phi) is 5.39. The van der Waals surface area contributed by atoms with E-state index in [1.165, 1.54) is 0 Å². The van der Waals surface area contributed by atoms with Gasteiger partial charge in [0.1, 0.15) is 12.1 Å². The summed E-state index contributed by atoms with van der Waals surface area (Å²) in [6, 6.07) is -0.654. The van der Waals surface area contributed by atoms with Gasteiger partial charge in [0, 0.05) is 5.54 Å². The molecule has 1 saturated heterocycles. The zero-order chi connectivity index (χ0) is 14.6. The van der Waals surface area contributed by atoms with Crippen molar-refractivity contribution in [2.24, 2.45) is 0 Å². The summed E-state index contributed by atoms with van der Waals surface area (Å²) in [6.45, 7) is 10.2. The first-order chi connectivity index (χ1) is 8.88. The molecule has 0 aliphatic carbocycles. The van der Waals surface area contributed by atoms with Gasteiger partial charge in [-0.05, 0) is 33.1 Å². The van der Waals surface area contributed by atoms with Crippen molar-refractivity contribution in [3.8, 4) is 0 Å². The molecular formula is C15H28N2O2. The standard InChI is InChI=1S/C15H28N2O2/c1-6-9-11-14(19)17(15(4,5)10-7-2)12(8-3)13(18)16-11/h11-12H,6-10H2,1-5H3,(H,16,18). The Hall–Kier alpha value is -1.06. The average Bonchev–Trinajstić information content (AvgIpc) is 2.32. The first-order valence-corrected chi connectivity index (χ1v) is 7.52. The van der Waals surface area contributed by atoms with Gasteiger partial charge in [0.2, 0.25) is 11.8 Å². The zero-order valence-corrected chi connectivity index (χ0v) is 13.0. The first-order valence-electron chi connectivity index (χ1n) is 7.52. The topological polar surface area (TPSA) is 49.4 Å². The molecule has 2 unspecified atom stereocenters. The predicted octanol–water partition coefficient (Wildman–Crippen LogP) is 2.47. The highest BCUT2D eigenvalue weighted by Crippen LogP contribution is 2.28. The Labute approximate surface area is 116 Å². The number of hydrogen-bond acceptors (Lipinski definition) is 2. The van der Waals surface area contributed by atoms with E-state index >= 15 is 0 Å². The van der Waals surface area contributed by atoms with Crippen LogP contribution in [0.5, 0.6) is 0 Å². The molecule has 0 bridgehead atoms. The molecular weight excluding hydrogens is 240 g/mol. The third kappa shape index (κ3) is 3.28. The SMILES string of the molecule is CCCC1NC(=O)C(CC)N(C(C)(C)CCC)C1=O. The van der Waals surface area contributed by atoms with E-state index in [2.05, 4.69) is 26.1 Å². The Morgan fingerprint density at radius 2 is 1.79 bits per heavy atom. The summed E-state index contributed by atoms with van der Waals surface area (Å²) in [5.74, 6) is 0.0940. The second kappa shape index (κ2) is 6.40. The van der Waals surface area contributed by atoms with Gasteiger partial charge in [-0.1, -0.05) is 33.6 Å². The van der Waals surface area contributed by atoms with Crippen molar-refractivity contribution in [1.82, 2.24) is 10.2 Å². The predicted molar refractivity (Wildman–Crippen MR) is 76.8 cm³/mol. The van der Waals surface area contributed by atoms with Crippen LogP contribution < -0.4 is 5.32 Å². The highest BCUT2D eigenvalue weighted by molar-refractivity contribution is 5.97.